The first-order valence-corrected chi connectivity index (χ1v) is 8.43. The number of aryl methyl sites for hydroxylation is 1. The molecule has 0 saturated heterocycles. The van der Waals surface area contributed by atoms with E-state index in [1.54, 1.807) is 0 Å². The van der Waals surface area contributed by atoms with Crippen LogP contribution >= 0.6 is 0 Å². The van der Waals surface area contributed by atoms with Crippen LogP contribution in [-0.2, 0) is 0 Å². The third-order valence-electron chi connectivity index (χ3n) is 5.34. The summed E-state index contributed by atoms with van der Waals surface area (Å²) in [6.07, 6.45) is 2.59. The van der Waals surface area contributed by atoms with Crippen molar-refractivity contribution in [3.8, 4) is 5.75 Å². The highest BCUT2D eigenvalue weighted by Gasteiger charge is 2.51. The molecule has 2 nitrogen and oxygen atoms in total. The van der Waals surface area contributed by atoms with Gasteiger partial charge >= 0.3 is 0 Å². The fraction of sp³-hybridized carbons (Fsp3) is 0.684. The normalized spacial score (nSPS) is 28.5. The average molecular weight is 289 g/mol. The maximum Gasteiger partial charge on any atom is 0.122 e. The molecule has 3 unspecified atom stereocenters. The van der Waals surface area contributed by atoms with Gasteiger partial charge in [-0.15, -0.1) is 0 Å². The van der Waals surface area contributed by atoms with Crippen LogP contribution in [0.4, 0.5) is 0 Å². The third kappa shape index (κ3) is 3.11. The van der Waals surface area contributed by atoms with Gasteiger partial charge in [0.1, 0.15) is 11.9 Å². The van der Waals surface area contributed by atoms with Gasteiger partial charge in [-0.3, -0.25) is 0 Å². The molecule has 1 N–H and O–H groups in total. The van der Waals surface area contributed by atoms with Gasteiger partial charge in [0.15, 0.2) is 0 Å². The molecule has 0 heterocycles. The maximum absolute atomic E-state index is 6.42. The van der Waals surface area contributed by atoms with Crippen molar-refractivity contribution in [3.63, 3.8) is 0 Å². The van der Waals surface area contributed by atoms with Crippen LogP contribution in [0.15, 0.2) is 18.2 Å². The Morgan fingerprint density at radius 2 is 2.05 bits per heavy atom. The lowest BCUT2D eigenvalue weighted by Crippen LogP contribution is -2.63. The van der Waals surface area contributed by atoms with Crippen molar-refractivity contribution in [2.45, 2.75) is 72.4 Å². The molecule has 1 aromatic carbocycles. The maximum atomic E-state index is 6.42. The Balaban J connectivity index is 2.14. The van der Waals surface area contributed by atoms with Gasteiger partial charge in [-0.25, -0.2) is 0 Å². The zero-order valence-corrected chi connectivity index (χ0v) is 14.5. The van der Waals surface area contributed by atoms with E-state index in [9.17, 15) is 0 Å². The fourth-order valence-corrected chi connectivity index (χ4v) is 3.29. The second-order valence-electron chi connectivity index (χ2n) is 6.99. The van der Waals surface area contributed by atoms with Crippen molar-refractivity contribution < 1.29 is 4.74 Å². The van der Waals surface area contributed by atoms with Crippen LogP contribution in [-0.4, -0.2) is 18.7 Å². The predicted octanol–water partition coefficient (Wildman–Crippen LogP) is 4.66. The van der Waals surface area contributed by atoms with Crippen molar-refractivity contribution >= 4 is 0 Å². The van der Waals surface area contributed by atoms with E-state index in [0.717, 1.165) is 25.1 Å². The van der Waals surface area contributed by atoms with Crippen molar-refractivity contribution in [1.29, 1.82) is 0 Å². The highest BCUT2D eigenvalue weighted by atomic mass is 16.5. The molecule has 0 amide bonds. The van der Waals surface area contributed by atoms with Crippen LogP contribution in [0.2, 0.25) is 0 Å². The molecule has 1 aromatic rings. The van der Waals surface area contributed by atoms with Crippen LogP contribution in [0.5, 0.6) is 5.75 Å². The standard InChI is InChI=1S/C19H31NO/c1-7-19(6)17(20-8-2)12-18(19)21-16-11-15(13(3)4)10-9-14(16)5/h9-11,13,17-18,20H,7-8,12H2,1-6H3. The van der Waals surface area contributed by atoms with Gasteiger partial charge in [-0.1, -0.05) is 46.8 Å². The van der Waals surface area contributed by atoms with Crippen LogP contribution < -0.4 is 10.1 Å². The number of ether oxygens (including phenoxy) is 1. The molecule has 1 aliphatic carbocycles. The lowest BCUT2D eigenvalue weighted by atomic mass is 9.61. The summed E-state index contributed by atoms with van der Waals surface area (Å²) in [5.41, 5.74) is 2.84. The van der Waals surface area contributed by atoms with Crippen LogP contribution in [0.3, 0.4) is 0 Å². The van der Waals surface area contributed by atoms with Gasteiger partial charge in [0.05, 0.1) is 0 Å². The molecular formula is C19H31NO. The Morgan fingerprint density at radius 3 is 2.62 bits per heavy atom. The second-order valence-corrected chi connectivity index (χ2v) is 6.99. The minimum atomic E-state index is 0.246. The Kier molecular flexibility index (Phi) is 4.98. The number of benzene rings is 1. The van der Waals surface area contributed by atoms with E-state index in [0.29, 0.717) is 18.1 Å². The quantitative estimate of drug-likeness (QED) is 0.822. The van der Waals surface area contributed by atoms with Crippen LogP contribution in [0.25, 0.3) is 0 Å². The molecule has 1 aliphatic rings. The molecule has 0 spiro atoms. The predicted molar refractivity (Wildman–Crippen MR) is 90.2 cm³/mol. The molecule has 1 saturated carbocycles. The molecule has 3 atom stereocenters. The van der Waals surface area contributed by atoms with Gasteiger partial charge in [0.25, 0.3) is 0 Å². The molecule has 0 aromatic heterocycles. The topological polar surface area (TPSA) is 21.3 Å². The highest BCUT2D eigenvalue weighted by Crippen LogP contribution is 2.46. The van der Waals surface area contributed by atoms with Crippen molar-refractivity contribution in [1.82, 2.24) is 5.32 Å². The zero-order valence-electron chi connectivity index (χ0n) is 14.5. The van der Waals surface area contributed by atoms with E-state index in [2.05, 4.69) is 65.1 Å². The van der Waals surface area contributed by atoms with Gasteiger partial charge < -0.3 is 10.1 Å². The van der Waals surface area contributed by atoms with Crippen molar-refractivity contribution in [2.24, 2.45) is 5.41 Å². The summed E-state index contributed by atoms with van der Waals surface area (Å²) < 4.78 is 6.42. The summed E-state index contributed by atoms with van der Waals surface area (Å²) in [6.45, 7) is 14.5. The summed E-state index contributed by atoms with van der Waals surface area (Å²) in [4.78, 5) is 0. The minimum Gasteiger partial charge on any atom is -0.489 e. The number of hydrogen-bond acceptors (Lipinski definition) is 2. The molecule has 2 rings (SSSR count). The zero-order chi connectivity index (χ0) is 15.6. The number of hydrogen-bond donors (Lipinski definition) is 1. The SMILES string of the molecule is CCNC1CC(Oc2cc(C(C)C)ccc2C)C1(C)CC. The lowest BCUT2D eigenvalue weighted by molar-refractivity contribution is -0.0700. The number of nitrogens with one attached hydrogen (secondary N) is 1. The van der Waals surface area contributed by atoms with Crippen molar-refractivity contribution in [2.75, 3.05) is 6.54 Å². The van der Waals surface area contributed by atoms with Gasteiger partial charge in [-0.05, 0) is 43.0 Å². The molecule has 118 valence electrons. The molecular weight excluding hydrogens is 258 g/mol. The first-order valence-electron chi connectivity index (χ1n) is 8.43. The van der Waals surface area contributed by atoms with E-state index >= 15 is 0 Å². The highest BCUT2D eigenvalue weighted by molar-refractivity contribution is 5.38. The van der Waals surface area contributed by atoms with E-state index in [1.165, 1.54) is 11.1 Å². The largest absolute Gasteiger partial charge is 0.489 e. The van der Waals surface area contributed by atoms with E-state index in [-0.39, 0.29) is 5.41 Å². The van der Waals surface area contributed by atoms with E-state index in [4.69, 9.17) is 4.74 Å². The summed E-state index contributed by atoms with van der Waals surface area (Å²) in [5.74, 6) is 1.61. The molecule has 0 bridgehead atoms. The average Bonchev–Trinajstić information content (AvgIpc) is 2.46. The summed E-state index contributed by atoms with van der Waals surface area (Å²) in [5, 5.41) is 3.60. The van der Waals surface area contributed by atoms with Crippen LogP contribution in [0.1, 0.15) is 64.5 Å². The van der Waals surface area contributed by atoms with E-state index < -0.39 is 0 Å². The van der Waals surface area contributed by atoms with Gasteiger partial charge in [0.2, 0.25) is 0 Å². The van der Waals surface area contributed by atoms with E-state index in [1.807, 2.05) is 0 Å². The molecule has 1 fully saturated rings. The van der Waals surface area contributed by atoms with Crippen molar-refractivity contribution in [3.05, 3.63) is 29.3 Å². The lowest BCUT2D eigenvalue weighted by Gasteiger charge is -2.53. The summed E-state index contributed by atoms with van der Waals surface area (Å²) >= 11 is 0. The summed E-state index contributed by atoms with van der Waals surface area (Å²) in [7, 11) is 0. The van der Waals surface area contributed by atoms with Gasteiger partial charge in [-0.2, -0.15) is 0 Å². The fourth-order valence-electron chi connectivity index (χ4n) is 3.29. The Bertz CT molecular complexity index is 482. The Labute approximate surface area is 130 Å². The number of rotatable bonds is 6. The molecule has 0 aliphatic heterocycles. The molecule has 2 heteroatoms. The first kappa shape index (κ1) is 16.4. The summed E-state index contributed by atoms with van der Waals surface area (Å²) in [6, 6.07) is 7.23. The molecule has 21 heavy (non-hydrogen) atoms. The Morgan fingerprint density at radius 1 is 1.33 bits per heavy atom. The monoisotopic (exact) mass is 289 g/mol. The van der Waals surface area contributed by atoms with Gasteiger partial charge in [0, 0.05) is 17.9 Å². The first-order chi connectivity index (χ1) is 9.92. The second kappa shape index (κ2) is 6.39. The van der Waals surface area contributed by atoms with Crippen LogP contribution in [0, 0.1) is 12.3 Å². The smallest absolute Gasteiger partial charge is 0.122 e. The molecule has 0 radical (unpaired) electrons. The minimum absolute atomic E-state index is 0.246. The Hall–Kier alpha value is -1.02. The third-order valence-corrected chi connectivity index (χ3v) is 5.34.